The lowest BCUT2D eigenvalue weighted by Crippen LogP contribution is -2.47. The minimum atomic E-state index is -0.258. The van der Waals surface area contributed by atoms with Crippen LogP contribution in [0, 0.1) is 5.82 Å². The van der Waals surface area contributed by atoms with Gasteiger partial charge in [0, 0.05) is 0 Å². The molecular weight excluding hydrogens is 231 g/mol. The highest BCUT2D eigenvalue weighted by Gasteiger charge is 2.21. The normalized spacial score (nSPS) is 21.3. The quantitative estimate of drug-likeness (QED) is 0.863. The molecule has 1 heterocycles. The predicted octanol–water partition coefficient (Wildman–Crippen LogP) is 2.14. The summed E-state index contributed by atoms with van der Waals surface area (Å²) >= 11 is 0. The van der Waals surface area contributed by atoms with E-state index in [0.29, 0.717) is 0 Å². The number of piperidine rings is 1. The maximum Gasteiger partial charge on any atom is 0.237 e. The monoisotopic (exact) mass is 250 g/mol. The molecule has 2 rings (SSSR count). The number of benzene rings is 1. The summed E-state index contributed by atoms with van der Waals surface area (Å²) < 4.78 is 12.8. The van der Waals surface area contributed by atoms with Crippen molar-refractivity contribution in [1.82, 2.24) is 10.6 Å². The molecule has 0 saturated carbocycles. The van der Waals surface area contributed by atoms with Gasteiger partial charge in [-0.05, 0) is 44.0 Å². The Kier molecular flexibility index (Phi) is 4.31. The second kappa shape index (κ2) is 5.96. The molecule has 2 atom stereocenters. The van der Waals surface area contributed by atoms with Crippen LogP contribution in [0.2, 0.25) is 0 Å². The molecule has 3 nitrogen and oxygen atoms in total. The van der Waals surface area contributed by atoms with Crippen molar-refractivity contribution in [3.8, 4) is 0 Å². The van der Waals surface area contributed by atoms with Gasteiger partial charge < -0.3 is 10.6 Å². The van der Waals surface area contributed by atoms with Crippen molar-refractivity contribution in [2.75, 3.05) is 6.54 Å². The maximum atomic E-state index is 12.8. The Morgan fingerprint density at radius 1 is 1.39 bits per heavy atom. The number of amides is 1. The second-order valence-electron chi connectivity index (χ2n) is 4.78. The smallest absolute Gasteiger partial charge is 0.237 e. The third-order valence-corrected chi connectivity index (χ3v) is 3.36. The first-order valence-corrected chi connectivity index (χ1v) is 6.46. The first-order valence-electron chi connectivity index (χ1n) is 6.46. The van der Waals surface area contributed by atoms with Crippen molar-refractivity contribution in [1.29, 1.82) is 0 Å². The average Bonchev–Trinajstić information content (AvgIpc) is 2.40. The molecule has 0 aromatic heterocycles. The van der Waals surface area contributed by atoms with Crippen LogP contribution >= 0.6 is 0 Å². The van der Waals surface area contributed by atoms with E-state index in [1.165, 1.54) is 12.1 Å². The minimum Gasteiger partial charge on any atom is -0.348 e. The van der Waals surface area contributed by atoms with E-state index >= 15 is 0 Å². The molecule has 2 N–H and O–H groups in total. The number of carbonyl (C=O) groups is 1. The summed E-state index contributed by atoms with van der Waals surface area (Å²) in [7, 11) is 0. The largest absolute Gasteiger partial charge is 0.348 e. The minimum absolute atomic E-state index is 0.0338. The summed E-state index contributed by atoms with van der Waals surface area (Å²) in [4.78, 5) is 12.0. The van der Waals surface area contributed by atoms with Crippen molar-refractivity contribution in [2.24, 2.45) is 0 Å². The lowest BCUT2D eigenvalue weighted by atomic mass is 10.0. The van der Waals surface area contributed by atoms with Crippen LogP contribution < -0.4 is 10.6 Å². The van der Waals surface area contributed by atoms with E-state index in [9.17, 15) is 9.18 Å². The third-order valence-electron chi connectivity index (χ3n) is 3.36. The van der Waals surface area contributed by atoms with Crippen LogP contribution in [0.1, 0.15) is 37.8 Å². The molecule has 0 spiro atoms. The molecule has 18 heavy (non-hydrogen) atoms. The van der Waals surface area contributed by atoms with Gasteiger partial charge in [-0.2, -0.15) is 0 Å². The van der Waals surface area contributed by atoms with Crippen LogP contribution in [0.3, 0.4) is 0 Å². The van der Waals surface area contributed by atoms with E-state index < -0.39 is 0 Å². The summed E-state index contributed by atoms with van der Waals surface area (Å²) in [5.41, 5.74) is 0.917. The Bertz CT molecular complexity index is 399. The van der Waals surface area contributed by atoms with E-state index in [2.05, 4.69) is 10.6 Å². The van der Waals surface area contributed by atoms with Gasteiger partial charge in [0.2, 0.25) is 5.91 Å². The van der Waals surface area contributed by atoms with Crippen LogP contribution in [0.15, 0.2) is 24.3 Å². The van der Waals surface area contributed by atoms with Gasteiger partial charge in [0.25, 0.3) is 0 Å². The molecule has 1 aromatic rings. The zero-order chi connectivity index (χ0) is 13.0. The summed E-state index contributed by atoms with van der Waals surface area (Å²) in [5.74, 6) is -0.224. The van der Waals surface area contributed by atoms with Gasteiger partial charge in [-0.3, -0.25) is 4.79 Å². The molecular formula is C14H19FN2O. The van der Waals surface area contributed by atoms with Gasteiger partial charge >= 0.3 is 0 Å². The molecule has 98 valence electrons. The molecule has 1 aliphatic heterocycles. The summed E-state index contributed by atoms with van der Waals surface area (Å²) in [6.45, 7) is 2.82. The molecule has 1 aromatic carbocycles. The average molecular weight is 250 g/mol. The van der Waals surface area contributed by atoms with Gasteiger partial charge in [0.15, 0.2) is 0 Å². The lowest BCUT2D eigenvalue weighted by Gasteiger charge is -2.24. The van der Waals surface area contributed by atoms with Gasteiger partial charge in [-0.1, -0.05) is 18.6 Å². The highest BCUT2D eigenvalue weighted by molar-refractivity contribution is 5.82. The Hall–Kier alpha value is -1.42. The molecule has 0 radical (unpaired) electrons. The van der Waals surface area contributed by atoms with Crippen molar-refractivity contribution in [2.45, 2.75) is 38.3 Å². The third kappa shape index (κ3) is 3.29. The Morgan fingerprint density at radius 3 is 2.72 bits per heavy atom. The molecule has 4 heteroatoms. The second-order valence-corrected chi connectivity index (χ2v) is 4.78. The number of hydrogen-bond donors (Lipinski definition) is 2. The zero-order valence-corrected chi connectivity index (χ0v) is 10.6. The summed E-state index contributed by atoms with van der Waals surface area (Å²) in [5, 5.41) is 6.17. The van der Waals surface area contributed by atoms with Crippen LogP contribution in [-0.2, 0) is 4.79 Å². The van der Waals surface area contributed by atoms with E-state index in [1.54, 1.807) is 12.1 Å². The van der Waals surface area contributed by atoms with E-state index in [-0.39, 0.29) is 23.8 Å². The van der Waals surface area contributed by atoms with E-state index in [1.807, 2.05) is 6.92 Å². The number of nitrogens with one attached hydrogen (secondary N) is 2. The van der Waals surface area contributed by atoms with Crippen molar-refractivity contribution >= 4 is 5.91 Å². The van der Waals surface area contributed by atoms with Crippen LogP contribution in [0.4, 0.5) is 4.39 Å². The van der Waals surface area contributed by atoms with Crippen molar-refractivity contribution < 1.29 is 9.18 Å². The van der Waals surface area contributed by atoms with Crippen LogP contribution in [0.25, 0.3) is 0 Å². The van der Waals surface area contributed by atoms with Crippen molar-refractivity contribution in [3.05, 3.63) is 35.6 Å². The van der Waals surface area contributed by atoms with E-state index in [4.69, 9.17) is 0 Å². The fourth-order valence-corrected chi connectivity index (χ4v) is 2.22. The number of carbonyl (C=O) groups excluding carboxylic acids is 1. The zero-order valence-electron chi connectivity index (χ0n) is 10.6. The fourth-order valence-electron chi connectivity index (χ4n) is 2.22. The predicted molar refractivity (Wildman–Crippen MR) is 68.6 cm³/mol. The standard InChI is InChI=1S/C14H19FN2O/c1-10(11-5-7-12(15)8-6-11)17-14(18)13-4-2-3-9-16-13/h5-8,10,13,16H,2-4,9H2,1H3,(H,17,18)/t10-,13-/m1/s1. The number of halogens is 1. The van der Waals surface area contributed by atoms with E-state index in [0.717, 1.165) is 31.4 Å². The first-order chi connectivity index (χ1) is 8.66. The first kappa shape index (κ1) is 13.0. The Morgan fingerprint density at radius 2 is 2.11 bits per heavy atom. The maximum absolute atomic E-state index is 12.8. The van der Waals surface area contributed by atoms with Crippen molar-refractivity contribution in [3.63, 3.8) is 0 Å². The highest BCUT2D eigenvalue weighted by Crippen LogP contribution is 2.14. The van der Waals surface area contributed by atoms with Gasteiger partial charge in [-0.15, -0.1) is 0 Å². The summed E-state index contributed by atoms with van der Waals surface area (Å²) in [6.07, 6.45) is 3.12. The summed E-state index contributed by atoms with van der Waals surface area (Å²) in [6, 6.07) is 6.06. The molecule has 1 fully saturated rings. The van der Waals surface area contributed by atoms with Gasteiger partial charge in [0.05, 0.1) is 12.1 Å². The molecule has 0 bridgehead atoms. The molecule has 0 aliphatic carbocycles. The Labute approximate surface area is 107 Å². The molecule has 0 unspecified atom stereocenters. The Balaban J connectivity index is 1.91. The topological polar surface area (TPSA) is 41.1 Å². The molecule has 1 saturated heterocycles. The molecule has 1 amide bonds. The highest BCUT2D eigenvalue weighted by atomic mass is 19.1. The lowest BCUT2D eigenvalue weighted by molar-refractivity contribution is -0.124. The number of hydrogen-bond acceptors (Lipinski definition) is 2. The molecule has 1 aliphatic rings. The van der Waals surface area contributed by atoms with Gasteiger partial charge in [-0.25, -0.2) is 4.39 Å². The van der Waals surface area contributed by atoms with Crippen LogP contribution in [-0.4, -0.2) is 18.5 Å². The van der Waals surface area contributed by atoms with Gasteiger partial charge in [0.1, 0.15) is 5.82 Å². The van der Waals surface area contributed by atoms with Crippen LogP contribution in [0.5, 0.6) is 0 Å². The SMILES string of the molecule is C[C@@H](NC(=O)[C@H]1CCCCN1)c1ccc(F)cc1. The fraction of sp³-hybridized carbons (Fsp3) is 0.500. The number of rotatable bonds is 3.